The molecule has 0 amide bonds. The van der Waals surface area contributed by atoms with Gasteiger partial charge in [-0.2, -0.15) is 4.58 Å². The molecule has 0 aromatic heterocycles. The van der Waals surface area contributed by atoms with Crippen molar-refractivity contribution in [1.29, 1.82) is 0 Å². The van der Waals surface area contributed by atoms with Crippen molar-refractivity contribution in [2.24, 2.45) is 11.8 Å². The summed E-state index contributed by atoms with van der Waals surface area (Å²) < 4.78 is 2.29. The van der Waals surface area contributed by atoms with E-state index in [9.17, 15) is 9.90 Å². The number of ketones is 1. The second-order valence-electron chi connectivity index (χ2n) is 16.1. The number of nitrogens with zero attached hydrogens (tertiary/aromatic N) is 2. The quantitative estimate of drug-likeness (QED) is 0.0639. The van der Waals surface area contributed by atoms with Crippen LogP contribution in [0.1, 0.15) is 147 Å². The summed E-state index contributed by atoms with van der Waals surface area (Å²) in [4.78, 5) is 15.8. The predicted octanol–water partition coefficient (Wildman–Crippen LogP) is 13.0. The third kappa shape index (κ3) is 11.9. The first kappa shape index (κ1) is 43.0. The molecule has 0 spiro atoms. The highest BCUT2D eigenvalue weighted by Gasteiger charge is 2.38. The van der Waals surface area contributed by atoms with E-state index in [1.807, 2.05) is 36.4 Å². The molecule has 2 aliphatic carbocycles. The maximum absolute atomic E-state index is 13.5. The Balaban J connectivity index is 1.12. The molecule has 0 saturated heterocycles. The van der Waals surface area contributed by atoms with E-state index in [0.29, 0.717) is 5.57 Å². The number of Topliss-reactive ketones (excluding diaryl/α,β-unsaturated/α-hetero) is 1. The molecule has 0 aliphatic heterocycles. The number of hydrogen-bond acceptors (Lipinski definition) is 3. The summed E-state index contributed by atoms with van der Waals surface area (Å²) >= 11 is 0. The van der Waals surface area contributed by atoms with E-state index >= 15 is 0 Å². The number of aryl methyl sites for hydroxylation is 2. The van der Waals surface area contributed by atoms with Crippen LogP contribution in [0.25, 0.3) is 5.57 Å². The van der Waals surface area contributed by atoms with Crippen molar-refractivity contribution in [2.75, 3.05) is 18.0 Å². The summed E-state index contributed by atoms with van der Waals surface area (Å²) in [5, 5.41) is 13.5. The van der Waals surface area contributed by atoms with E-state index < -0.39 is 5.92 Å². The molecular weight excluding hydrogens is 685 g/mol. The van der Waals surface area contributed by atoms with Crippen LogP contribution in [0, 0.1) is 11.8 Å². The van der Waals surface area contributed by atoms with E-state index in [-0.39, 0.29) is 17.5 Å². The van der Waals surface area contributed by atoms with Crippen LogP contribution in [0.4, 0.5) is 17.1 Å². The highest BCUT2D eigenvalue weighted by atomic mass is 16.3. The van der Waals surface area contributed by atoms with Gasteiger partial charge in [0, 0.05) is 59.6 Å². The van der Waals surface area contributed by atoms with Gasteiger partial charge in [-0.05, 0) is 80.5 Å². The van der Waals surface area contributed by atoms with Gasteiger partial charge in [-0.1, -0.05) is 152 Å². The van der Waals surface area contributed by atoms with E-state index in [4.69, 9.17) is 0 Å². The van der Waals surface area contributed by atoms with Crippen LogP contribution in [-0.2, 0) is 17.6 Å². The molecule has 1 unspecified atom stereocenters. The van der Waals surface area contributed by atoms with Gasteiger partial charge in [0.05, 0.1) is 0 Å². The lowest BCUT2D eigenvalue weighted by Gasteiger charge is -2.40. The summed E-state index contributed by atoms with van der Waals surface area (Å²) in [6.07, 6.45) is 32.0. The Kier molecular flexibility index (Phi) is 17.8. The van der Waals surface area contributed by atoms with Gasteiger partial charge in [-0.15, -0.1) is 5.76 Å². The zero-order valence-electron chi connectivity index (χ0n) is 35.2. The fourth-order valence-electron chi connectivity index (χ4n) is 8.50. The molecule has 1 atom stereocenters. The van der Waals surface area contributed by atoms with Crippen LogP contribution in [0.15, 0.2) is 103 Å². The molecule has 3 aromatic carbocycles. The Morgan fingerprint density at radius 3 is 1.46 bits per heavy atom. The molecule has 3 aromatic rings. The Labute approximate surface area is 340 Å². The number of hydrogen-bond donors (Lipinski definition) is 0. The average Bonchev–Trinajstić information content (AvgIpc) is 3.23. The molecule has 4 nitrogen and oxygen atoms in total. The number of rotatable bonds is 25. The number of unbranched alkanes of at least 4 members (excludes halogenated alkanes) is 14. The Morgan fingerprint density at radius 2 is 1.02 bits per heavy atom. The van der Waals surface area contributed by atoms with Gasteiger partial charge in [-0.25, -0.2) is 0 Å². The molecule has 0 N–H and O–H groups in total. The highest BCUT2D eigenvalue weighted by molar-refractivity contribution is 6.29. The van der Waals surface area contributed by atoms with Crippen molar-refractivity contribution in [1.82, 2.24) is 0 Å². The summed E-state index contributed by atoms with van der Waals surface area (Å²) in [5.74, 6) is -0.960. The largest absolute Gasteiger partial charge is 0.874 e. The van der Waals surface area contributed by atoms with Crippen LogP contribution in [-0.4, -0.2) is 29.2 Å². The van der Waals surface area contributed by atoms with Crippen LogP contribution in [0.3, 0.4) is 0 Å². The third-order valence-corrected chi connectivity index (χ3v) is 12.0. The molecule has 2 aliphatic rings. The zero-order valence-corrected chi connectivity index (χ0v) is 35.2. The molecular formula is C52H70N2O2. The minimum absolute atomic E-state index is 0.0515. The lowest BCUT2D eigenvalue weighted by atomic mass is 9.71. The van der Waals surface area contributed by atoms with E-state index in [2.05, 4.69) is 97.9 Å². The maximum atomic E-state index is 13.5. The van der Waals surface area contributed by atoms with Crippen molar-refractivity contribution in [3.05, 3.63) is 120 Å². The molecule has 0 fully saturated rings. The Morgan fingerprint density at radius 1 is 0.571 bits per heavy atom. The standard InChI is InChI=1S/C52H70N2O2/c1-5-9-11-13-15-17-19-21-23-41-25-33-45(34-26-41)53(7-3)47-37-29-43(30-38-47)49-51(55)50(52(49)56)44-31-39-48(40-32-44)54(8-4)46-35-27-42(28-36-46)24-22-20-18-16-14-12-10-6-2/h25-40,43,49H,5-24H2,1-4H3. The van der Waals surface area contributed by atoms with Crippen LogP contribution >= 0.6 is 0 Å². The number of carbonyl (C=O) groups excluding carboxylic acids is 1. The number of carbonyl (C=O) groups is 1. The van der Waals surface area contributed by atoms with E-state index in [0.717, 1.165) is 54.3 Å². The van der Waals surface area contributed by atoms with Gasteiger partial charge >= 0.3 is 0 Å². The second-order valence-corrected chi connectivity index (χ2v) is 16.1. The SMILES string of the molecule is CCCCCCCCCCc1ccc(N(CC)c2ccc(C3=C([O-])C(C4C=CC(=[N+](CC)c5ccc(CCCCCCCCCC)cc5)C=C4)C3=O)cc2)cc1. The topological polar surface area (TPSA) is 46.4 Å². The summed E-state index contributed by atoms with van der Waals surface area (Å²) in [6.45, 7) is 10.5. The van der Waals surface area contributed by atoms with E-state index in [1.165, 1.54) is 114 Å². The van der Waals surface area contributed by atoms with Gasteiger partial charge in [0.2, 0.25) is 11.4 Å². The van der Waals surface area contributed by atoms with Crippen molar-refractivity contribution in [2.45, 2.75) is 143 Å². The molecule has 56 heavy (non-hydrogen) atoms. The molecule has 0 radical (unpaired) electrons. The van der Waals surface area contributed by atoms with E-state index in [1.54, 1.807) is 0 Å². The van der Waals surface area contributed by atoms with Gasteiger partial charge in [-0.3, -0.25) is 4.79 Å². The Bertz CT molecular complexity index is 1740. The minimum atomic E-state index is -0.638. The van der Waals surface area contributed by atoms with Crippen LogP contribution in [0.2, 0.25) is 0 Å². The molecule has 5 rings (SSSR count). The fourth-order valence-corrected chi connectivity index (χ4v) is 8.50. The molecule has 0 heterocycles. The third-order valence-electron chi connectivity index (χ3n) is 12.0. The van der Waals surface area contributed by atoms with Gasteiger partial charge in [0.25, 0.3) is 0 Å². The Hall–Kier alpha value is -4.18. The average molecular weight is 755 g/mol. The normalized spacial score (nSPS) is 16.4. The fraction of sp³-hybridized carbons (Fsp3) is 0.500. The van der Waals surface area contributed by atoms with Gasteiger partial charge < -0.3 is 10.0 Å². The number of anilines is 2. The van der Waals surface area contributed by atoms with Crippen molar-refractivity contribution < 1.29 is 14.5 Å². The summed E-state index contributed by atoms with van der Waals surface area (Å²) in [7, 11) is 0. The van der Waals surface area contributed by atoms with Crippen LogP contribution < -0.4 is 10.0 Å². The van der Waals surface area contributed by atoms with Crippen molar-refractivity contribution >= 4 is 34.1 Å². The number of benzene rings is 3. The van der Waals surface area contributed by atoms with Crippen LogP contribution in [0.5, 0.6) is 0 Å². The molecule has 300 valence electrons. The predicted molar refractivity (Wildman–Crippen MR) is 237 cm³/mol. The van der Waals surface area contributed by atoms with Crippen molar-refractivity contribution in [3.63, 3.8) is 0 Å². The van der Waals surface area contributed by atoms with Gasteiger partial charge in [0.1, 0.15) is 6.54 Å². The molecule has 0 saturated carbocycles. The molecule has 0 bridgehead atoms. The monoisotopic (exact) mass is 755 g/mol. The van der Waals surface area contributed by atoms with Gasteiger partial charge in [0.15, 0.2) is 5.78 Å². The first-order valence-electron chi connectivity index (χ1n) is 22.5. The lowest BCUT2D eigenvalue weighted by Crippen LogP contribution is -2.41. The zero-order chi connectivity index (χ0) is 39.5. The first-order chi connectivity index (χ1) is 27.5. The maximum Gasteiger partial charge on any atom is 0.205 e. The summed E-state index contributed by atoms with van der Waals surface area (Å²) in [5.41, 5.74) is 8.31. The number of allylic oxidation sites excluding steroid dienone is 6. The van der Waals surface area contributed by atoms with Crippen molar-refractivity contribution in [3.8, 4) is 0 Å². The lowest BCUT2D eigenvalue weighted by molar-refractivity contribution is -0.434. The molecule has 4 heteroatoms. The minimum Gasteiger partial charge on any atom is -0.874 e. The second kappa shape index (κ2) is 23.1. The highest BCUT2D eigenvalue weighted by Crippen LogP contribution is 2.41. The smallest absolute Gasteiger partial charge is 0.205 e. The first-order valence-corrected chi connectivity index (χ1v) is 22.5. The summed E-state index contributed by atoms with van der Waals surface area (Å²) in [6, 6.07) is 25.9.